The minimum Gasteiger partial charge on any atom is -0.366 e. The van der Waals surface area contributed by atoms with Gasteiger partial charge in [0.25, 0.3) is 11.5 Å². The highest BCUT2D eigenvalue weighted by Crippen LogP contribution is 2.34. The van der Waals surface area contributed by atoms with Crippen molar-refractivity contribution in [3.8, 4) is 0 Å². The van der Waals surface area contributed by atoms with E-state index in [1.807, 2.05) is 34.9 Å². The number of thioether (sulfide) groups is 1. The zero-order valence-corrected chi connectivity index (χ0v) is 23.2. The summed E-state index contributed by atoms with van der Waals surface area (Å²) in [6, 6.07) is 10.5. The van der Waals surface area contributed by atoms with Crippen molar-refractivity contribution < 1.29 is 9.18 Å². The second-order valence-corrected chi connectivity index (χ2v) is 11.2. The maximum atomic E-state index is 14.4. The van der Waals surface area contributed by atoms with Crippen LogP contribution in [0.5, 0.6) is 0 Å². The van der Waals surface area contributed by atoms with E-state index in [2.05, 4.69) is 6.92 Å². The topological polar surface area (TPSA) is 61.2 Å². The lowest BCUT2D eigenvalue weighted by Gasteiger charge is -2.37. The Labute approximate surface area is 230 Å². The second kappa shape index (κ2) is 11.2. The minimum atomic E-state index is -0.250. The lowest BCUT2D eigenvalue weighted by molar-refractivity contribution is -0.122. The van der Waals surface area contributed by atoms with Crippen LogP contribution in [-0.4, -0.2) is 57.2 Å². The molecule has 0 unspecified atom stereocenters. The lowest BCUT2D eigenvalue weighted by atomic mass is 10.2. The summed E-state index contributed by atoms with van der Waals surface area (Å²) in [5.74, 6) is 0.114. The molecule has 3 aromatic rings. The number of amides is 1. The number of thiocarbonyl (C=S) groups is 1. The van der Waals surface area contributed by atoms with Gasteiger partial charge >= 0.3 is 0 Å². The van der Waals surface area contributed by atoms with Gasteiger partial charge in [-0.05, 0) is 43.2 Å². The van der Waals surface area contributed by atoms with E-state index in [4.69, 9.17) is 17.2 Å². The van der Waals surface area contributed by atoms with Gasteiger partial charge in [-0.2, -0.15) is 0 Å². The number of piperazine rings is 1. The third kappa shape index (κ3) is 5.19. The van der Waals surface area contributed by atoms with Crippen molar-refractivity contribution in [1.82, 2.24) is 14.3 Å². The summed E-state index contributed by atoms with van der Waals surface area (Å²) in [5.41, 5.74) is 2.17. The first kappa shape index (κ1) is 26.4. The van der Waals surface area contributed by atoms with Crippen molar-refractivity contribution in [3.05, 3.63) is 74.8 Å². The van der Waals surface area contributed by atoms with Gasteiger partial charge in [0.15, 0.2) is 0 Å². The Hall–Kier alpha value is -3.24. The first-order valence-corrected chi connectivity index (χ1v) is 14.1. The number of carbonyl (C=O) groups is 1. The van der Waals surface area contributed by atoms with Gasteiger partial charge in [0.05, 0.1) is 16.2 Å². The number of pyridine rings is 1. The number of halogens is 1. The predicted octanol–water partition coefficient (Wildman–Crippen LogP) is 4.86. The van der Waals surface area contributed by atoms with Gasteiger partial charge in [-0.3, -0.25) is 18.9 Å². The van der Waals surface area contributed by atoms with Crippen molar-refractivity contribution in [2.24, 2.45) is 0 Å². The number of anilines is 2. The van der Waals surface area contributed by atoms with Gasteiger partial charge < -0.3 is 9.80 Å². The van der Waals surface area contributed by atoms with Crippen LogP contribution in [0.3, 0.4) is 0 Å². The number of hydrogen-bond acceptors (Lipinski definition) is 7. The number of aromatic nitrogens is 2. The van der Waals surface area contributed by atoms with E-state index < -0.39 is 0 Å². The SMILES string of the molecule is CCCCCN1C(=O)C(=Cc2c(N3CCN(c4ccccc4F)CC3)nc3ccc(C)cn3c2=O)SC1=S. The molecule has 2 aromatic heterocycles. The Morgan fingerprint density at radius 2 is 1.79 bits per heavy atom. The molecule has 1 amide bonds. The molecular weight excluding hydrogens is 521 g/mol. The fraction of sp³-hybridized carbons (Fsp3) is 0.357. The summed E-state index contributed by atoms with van der Waals surface area (Å²) in [4.78, 5) is 38.0. The third-order valence-corrected chi connectivity index (χ3v) is 8.27. The molecule has 5 rings (SSSR count). The summed E-state index contributed by atoms with van der Waals surface area (Å²) >= 11 is 6.73. The number of para-hydroxylation sites is 1. The number of nitrogens with zero attached hydrogens (tertiary/aromatic N) is 5. The van der Waals surface area contributed by atoms with E-state index >= 15 is 0 Å². The van der Waals surface area contributed by atoms with Crippen LogP contribution in [0.25, 0.3) is 11.7 Å². The Bertz CT molecular complexity index is 1480. The molecule has 2 aliphatic rings. The summed E-state index contributed by atoms with van der Waals surface area (Å²) in [7, 11) is 0. The molecule has 4 heterocycles. The molecule has 10 heteroatoms. The van der Waals surface area contributed by atoms with E-state index in [-0.39, 0.29) is 17.3 Å². The first-order chi connectivity index (χ1) is 18.4. The largest absolute Gasteiger partial charge is 0.366 e. The summed E-state index contributed by atoms with van der Waals surface area (Å²) in [5, 5.41) is 0. The van der Waals surface area contributed by atoms with Gasteiger partial charge in [-0.15, -0.1) is 0 Å². The van der Waals surface area contributed by atoms with E-state index in [0.717, 1.165) is 24.8 Å². The zero-order valence-electron chi connectivity index (χ0n) is 21.5. The summed E-state index contributed by atoms with van der Waals surface area (Å²) in [6.07, 6.45) is 6.37. The Morgan fingerprint density at radius 1 is 1.05 bits per heavy atom. The van der Waals surface area contributed by atoms with Crippen LogP contribution in [0.4, 0.5) is 15.9 Å². The summed E-state index contributed by atoms with van der Waals surface area (Å²) < 4.78 is 16.4. The monoisotopic (exact) mass is 551 g/mol. The fourth-order valence-electron chi connectivity index (χ4n) is 4.83. The maximum Gasteiger partial charge on any atom is 0.267 e. The second-order valence-electron chi connectivity index (χ2n) is 9.55. The molecule has 0 atom stereocenters. The molecule has 2 aliphatic heterocycles. The average Bonchev–Trinajstić information content (AvgIpc) is 3.18. The Morgan fingerprint density at radius 3 is 2.53 bits per heavy atom. The lowest BCUT2D eigenvalue weighted by Crippen LogP contribution is -2.47. The van der Waals surface area contributed by atoms with Crippen LogP contribution in [0.1, 0.15) is 37.3 Å². The number of carbonyl (C=O) groups excluding carboxylic acids is 1. The molecule has 0 radical (unpaired) electrons. The molecule has 2 saturated heterocycles. The van der Waals surface area contributed by atoms with E-state index in [9.17, 15) is 14.0 Å². The van der Waals surface area contributed by atoms with Crippen LogP contribution in [0.15, 0.2) is 52.3 Å². The predicted molar refractivity (Wildman–Crippen MR) is 156 cm³/mol. The van der Waals surface area contributed by atoms with Crippen molar-refractivity contribution in [2.75, 3.05) is 42.5 Å². The van der Waals surface area contributed by atoms with Crippen LogP contribution in [0.2, 0.25) is 0 Å². The first-order valence-electron chi connectivity index (χ1n) is 12.9. The fourth-order valence-corrected chi connectivity index (χ4v) is 6.12. The van der Waals surface area contributed by atoms with Gasteiger partial charge in [0, 0.05) is 38.9 Å². The highest BCUT2D eigenvalue weighted by molar-refractivity contribution is 8.26. The van der Waals surface area contributed by atoms with Crippen LogP contribution < -0.4 is 15.4 Å². The highest BCUT2D eigenvalue weighted by atomic mass is 32.2. The Balaban J connectivity index is 1.50. The number of hydrogen-bond donors (Lipinski definition) is 0. The summed E-state index contributed by atoms with van der Waals surface area (Å²) in [6.45, 7) is 6.88. The quantitative estimate of drug-likeness (QED) is 0.236. The number of rotatable bonds is 7. The number of benzene rings is 1. The average molecular weight is 552 g/mol. The van der Waals surface area contributed by atoms with Gasteiger partial charge in [0.2, 0.25) is 0 Å². The normalized spacial score (nSPS) is 17.3. The number of aryl methyl sites for hydroxylation is 1. The van der Waals surface area contributed by atoms with Gasteiger partial charge in [-0.1, -0.05) is 61.9 Å². The molecule has 0 bridgehead atoms. The molecular formula is C28H30FN5O2S2. The van der Waals surface area contributed by atoms with Crippen molar-refractivity contribution in [1.29, 1.82) is 0 Å². The van der Waals surface area contributed by atoms with E-state index in [1.54, 1.807) is 29.3 Å². The van der Waals surface area contributed by atoms with Crippen LogP contribution >= 0.6 is 24.0 Å². The number of unbranched alkanes of at least 4 members (excludes halogenated alkanes) is 2. The molecule has 1 aromatic carbocycles. The molecule has 0 aliphatic carbocycles. The van der Waals surface area contributed by atoms with Gasteiger partial charge in [-0.25, -0.2) is 9.37 Å². The van der Waals surface area contributed by atoms with Crippen LogP contribution in [-0.2, 0) is 4.79 Å². The van der Waals surface area contributed by atoms with Gasteiger partial charge in [0.1, 0.15) is 21.6 Å². The maximum absolute atomic E-state index is 14.4. The van der Waals surface area contributed by atoms with Crippen molar-refractivity contribution in [2.45, 2.75) is 33.1 Å². The minimum absolute atomic E-state index is 0.167. The zero-order chi connectivity index (χ0) is 26.8. The van der Waals surface area contributed by atoms with E-state index in [0.29, 0.717) is 64.7 Å². The third-order valence-electron chi connectivity index (χ3n) is 6.89. The molecule has 2 fully saturated rings. The smallest absolute Gasteiger partial charge is 0.267 e. The molecule has 38 heavy (non-hydrogen) atoms. The van der Waals surface area contributed by atoms with Crippen molar-refractivity contribution in [3.63, 3.8) is 0 Å². The highest BCUT2D eigenvalue weighted by Gasteiger charge is 2.33. The van der Waals surface area contributed by atoms with E-state index in [1.165, 1.54) is 22.2 Å². The molecule has 0 N–H and O–H groups in total. The molecule has 198 valence electrons. The molecule has 7 nitrogen and oxygen atoms in total. The molecule has 0 spiro atoms. The Kier molecular flexibility index (Phi) is 7.80. The van der Waals surface area contributed by atoms with Crippen LogP contribution in [0, 0.1) is 12.7 Å². The number of fused-ring (bicyclic) bond motifs is 1. The van der Waals surface area contributed by atoms with Crippen molar-refractivity contribution >= 4 is 57.4 Å². The standard InChI is InChI=1S/C28H30FN5O2S2/c1-3-4-7-12-33-27(36)23(38-28(33)37)17-20-25(30-24-11-10-19(2)18-34(24)26(20)35)32-15-13-31(14-16-32)22-9-6-5-8-21(22)29/h5-6,8-11,17-18H,3-4,7,12-16H2,1-2H3. The molecule has 0 saturated carbocycles.